The second-order valence-electron chi connectivity index (χ2n) is 3.36. The predicted octanol–water partition coefficient (Wildman–Crippen LogP) is 0.869. The van der Waals surface area contributed by atoms with Crippen molar-refractivity contribution in [3.8, 4) is 0 Å². The quantitative estimate of drug-likeness (QED) is 0.790. The molecule has 0 heterocycles. The number of hydrogen-bond donors (Lipinski definition) is 2. The van der Waals surface area contributed by atoms with Crippen LogP contribution in [0.1, 0.15) is 0 Å². The SMILES string of the molecule is O=S(=O)(NCC(O)C(F)F)c1cc(F)cc(F)c1. The van der Waals surface area contributed by atoms with E-state index in [1.165, 1.54) is 0 Å². The third-order valence-corrected chi connectivity index (χ3v) is 3.32. The van der Waals surface area contributed by atoms with Crippen LogP contribution in [-0.4, -0.2) is 32.6 Å². The topological polar surface area (TPSA) is 66.4 Å². The van der Waals surface area contributed by atoms with Crippen molar-refractivity contribution < 1.29 is 31.1 Å². The fourth-order valence-corrected chi connectivity index (χ4v) is 2.14. The van der Waals surface area contributed by atoms with Crippen LogP contribution in [0.4, 0.5) is 17.6 Å². The van der Waals surface area contributed by atoms with Crippen LogP contribution in [0, 0.1) is 11.6 Å². The van der Waals surface area contributed by atoms with Crippen molar-refractivity contribution in [3.63, 3.8) is 0 Å². The van der Waals surface area contributed by atoms with Gasteiger partial charge in [0.05, 0.1) is 4.90 Å². The zero-order valence-corrected chi connectivity index (χ0v) is 9.59. The third kappa shape index (κ3) is 3.93. The molecule has 0 saturated heterocycles. The first-order chi connectivity index (χ1) is 8.22. The van der Waals surface area contributed by atoms with E-state index in [2.05, 4.69) is 0 Å². The summed E-state index contributed by atoms with van der Waals surface area (Å²) in [7, 11) is -4.36. The first-order valence-corrected chi connectivity index (χ1v) is 6.12. The monoisotopic (exact) mass is 287 g/mol. The Labute approximate surface area is 100 Å². The summed E-state index contributed by atoms with van der Waals surface area (Å²) < 4.78 is 74.0. The largest absolute Gasteiger partial charge is 0.386 e. The predicted molar refractivity (Wildman–Crippen MR) is 53.6 cm³/mol. The van der Waals surface area contributed by atoms with E-state index in [9.17, 15) is 26.0 Å². The molecule has 0 bridgehead atoms. The molecular weight excluding hydrogens is 278 g/mol. The van der Waals surface area contributed by atoms with Gasteiger partial charge in [0.1, 0.15) is 17.7 Å². The lowest BCUT2D eigenvalue weighted by Gasteiger charge is -2.11. The summed E-state index contributed by atoms with van der Waals surface area (Å²) in [4.78, 5) is -0.749. The number of benzene rings is 1. The van der Waals surface area contributed by atoms with Gasteiger partial charge in [-0.3, -0.25) is 0 Å². The van der Waals surface area contributed by atoms with Crippen molar-refractivity contribution in [1.29, 1.82) is 0 Å². The average Bonchev–Trinajstić information content (AvgIpc) is 2.24. The van der Waals surface area contributed by atoms with Gasteiger partial charge < -0.3 is 5.11 Å². The maximum Gasteiger partial charge on any atom is 0.265 e. The normalized spacial score (nSPS) is 13.9. The van der Waals surface area contributed by atoms with Crippen molar-refractivity contribution in [3.05, 3.63) is 29.8 Å². The van der Waals surface area contributed by atoms with E-state index >= 15 is 0 Å². The van der Waals surface area contributed by atoms with Crippen LogP contribution in [0.2, 0.25) is 0 Å². The number of alkyl halides is 2. The average molecular weight is 287 g/mol. The molecule has 0 aliphatic rings. The second-order valence-corrected chi connectivity index (χ2v) is 5.13. The summed E-state index contributed by atoms with van der Waals surface area (Å²) in [6.07, 6.45) is -5.32. The molecule has 1 rings (SSSR count). The van der Waals surface area contributed by atoms with Gasteiger partial charge in [-0.2, -0.15) is 0 Å². The number of sulfonamides is 1. The Kier molecular flexibility index (Phi) is 4.65. The summed E-state index contributed by atoms with van der Waals surface area (Å²) in [5.74, 6) is -2.24. The number of aliphatic hydroxyl groups is 1. The highest BCUT2D eigenvalue weighted by atomic mass is 32.2. The van der Waals surface area contributed by atoms with Crippen LogP contribution >= 0.6 is 0 Å². The van der Waals surface area contributed by atoms with Crippen molar-refractivity contribution in [2.75, 3.05) is 6.54 Å². The van der Waals surface area contributed by atoms with Crippen LogP contribution in [0.25, 0.3) is 0 Å². The molecule has 1 aromatic rings. The molecule has 1 unspecified atom stereocenters. The van der Waals surface area contributed by atoms with Crippen molar-refractivity contribution in [2.45, 2.75) is 17.4 Å². The highest BCUT2D eigenvalue weighted by Crippen LogP contribution is 2.13. The summed E-state index contributed by atoms with van der Waals surface area (Å²) in [5, 5.41) is 8.72. The second kappa shape index (κ2) is 5.63. The maximum absolute atomic E-state index is 12.8. The number of rotatable bonds is 5. The van der Waals surface area contributed by atoms with Crippen LogP contribution < -0.4 is 4.72 Å². The fourth-order valence-electron chi connectivity index (χ4n) is 1.05. The molecule has 0 spiro atoms. The van der Waals surface area contributed by atoms with Crippen molar-refractivity contribution >= 4 is 10.0 Å². The van der Waals surface area contributed by atoms with E-state index in [1.54, 1.807) is 4.72 Å². The lowest BCUT2D eigenvalue weighted by Crippen LogP contribution is -2.35. The van der Waals surface area contributed by atoms with E-state index in [-0.39, 0.29) is 0 Å². The summed E-state index contributed by atoms with van der Waals surface area (Å²) in [6.45, 7) is -0.960. The highest BCUT2D eigenvalue weighted by Gasteiger charge is 2.22. The molecule has 0 aliphatic heterocycles. The van der Waals surface area contributed by atoms with E-state index in [0.717, 1.165) is 0 Å². The maximum atomic E-state index is 12.8. The number of halogens is 4. The van der Waals surface area contributed by atoms with Gasteiger partial charge in [-0.05, 0) is 12.1 Å². The molecule has 0 aromatic heterocycles. The Morgan fingerprint density at radius 3 is 2.11 bits per heavy atom. The summed E-state index contributed by atoms with van der Waals surface area (Å²) in [6, 6.07) is 1.52. The zero-order valence-electron chi connectivity index (χ0n) is 8.78. The molecule has 4 nitrogen and oxygen atoms in total. The summed E-state index contributed by atoms with van der Waals surface area (Å²) in [5.41, 5.74) is 0. The lowest BCUT2D eigenvalue weighted by atomic mass is 10.3. The van der Waals surface area contributed by atoms with Gasteiger partial charge in [0.15, 0.2) is 0 Å². The van der Waals surface area contributed by atoms with E-state index < -0.39 is 45.6 Å². The standard InChI is InChI=1S/C9H9F4NO3S/c10-5-1-6(11)3-7(2-5)18(16,17)14-4-8(15)9(12)13/h1-3,8-9,14-15H,4H2. The molecular formula is C9H9F4NO3S. The smallest absolute Gasteiger partial charge is 0.265 e. The first kappa shape index (κ1) is 14.9. The van der Waals surface area contributed by atoms with Crippen LogP contribution in [0.5, 0.6) is 0 Å². The molecule has 1 atom stereocenters. The molecule has 0 fully saturated rings. The fraction of sp³-hybridized carbons (Fsp3) is 0.333. The molecule has 0 saturated carbocycles. The minimum atomic E-state index is -4.36. The van der Waals surface area contributed by atoms with Crippen molar-refractivity contribution in [2.24, 2.45) is 0 Å². The Hall–Kier alpha value is -1.19. The van der Waals surface area contributed by atoms with Gasteiger partial charge in [0.25, 0.3) is 6.43 Å². The van der Waals surface area contributed by atoms with Gasteiger partial charge in [-0.1, -0.05) is 0 Å². The summed E-state index contributed by atoms with van der Waals surface area (Å²) >= 11 is 0. The van der Waals surface area contributed by atoms with Crippen molar-refractivity contribution in [1.82, 2.24) is 4.72 Å². The molecule has 0 amide bonds. The molecule has 0 aliphatic carbocycles. The minimum absolute atomic E-state index is 0.465. The Balaban J connectivity index is 2.86. The Bertz CT molecular complexity index is 500. The molecule has 2 N–H and O–H groups in total. The zero-order chi connectivity index (χ0) is 13.9. The number of aliphatic hydroxyl groups excluding tert-OH is 1. The molecule has 9 heteroatoms. The number of hydrogen-bond acceptors (Lipinski definition) is 3. The van der Waals surface area contributed by atoms with Gasteiger partial charge in [-0.15, -0.1) is 0 Å². The molecule has 18 heavy (non-hydrogen) atoms. The Morgan fingerprint density at radius 1 is 1.17 bits per heavy atom. The van der Waals surface area contributed by atoms with Crippen LogP contribution in [0.15, 0.2) is 23.1 Å². The molecule has 1 aromatic carbocycles. The van der Waals surface area contributed by atoms with Gasteiger partial charge in [0.2, 0.25) is 10.0 Å². The highest BCUT2D eigenvalue weighted by molar-refractivity contribution is 7.89. The number of nitrogens with one attached hydrogen (secondary N) is 1. The molecule has 102 valence electrons. The van der Waals surface area contributed by atoms with E-state index in [0.29, 0.717) is 18.2 Å². The Morgan fingerprint density at radius 2 is 1.67 bits per heavy atom. The van der Waals surface area contributed by atoms with Crippen LogP contribution in [-0.2, 0) is 10.0 Å². The van der Waals surface area contributed by atoms with E-state index in [1.807, 2.05) is 0 Å². The third-order valence-electron chi connectivity index (χ3n) is 1.92. The van der Waals surface area contributed by atoms with E-state index in [4.69, 9.17) is 5.11 Å². The van der Waals surface area contributed by atoms with Gasteiger partial charge in [-0.25, -0.2) is 30.7 Å². The van der Waals surface area contributed by atoms with Gasteiger partial charge in [0, 0.05) is 12.6 Å². The van der Waals surface area contributed by atoms with Crippen LogP contribution in [0.3, 0.4) is 0 Å². The molecule has 0 radical (unpaired) electrons. The lowest BCUT2D eigenvalue weighted by molar-refractivity contribution is -0.000453. The minimum Gasteiger partial charge on any atom is -0.386 e. The van der Waals surface area contributed by atoms with Gasteiger partial charge >= 0.3 is 0 Å². The first-order valence-electron chi connectivity index (χ1n) is 4.64.